The molecule has 1 aliphatic rings. The summed E-state index contributed by atoms with van der Waals surface area (Å²) in [4.78, 5) is 0. The van der Waals surface area contributed by atoms with Crippen LogP contribution in [0.2, 0.25) is 0 Å². The molecule has 1 rings (SSSR count). The van der Waals surface area contributed by atoms with E-state index in [2.05, 4.69) is 19.2 Å². The number of nitrogens with one attached hydrogen (secondary N) is 1. The van der Waals surface area contributed by atoms with E-state index < -0.39 is 0 Å². The SMILES string of the molecule is CCCCCCCCCCNCC1CCCCC1C. The van der Waals surface area contributed by atoms with Gasteiger partial charge in [-0.1, -0.05) is 78.1 Å². The molecule has 0 heterocycles. The number of hydrogen-bond acceptors (Lipinski definition) is 1. The maximum atomic E-state index is 3.70. The molecule has 0 radical (unpaired) electrons. The van der Waals surface area contributed by atoms with E-state index in [4.69, 9.17) is 0 Å². The molecule has 2 atom stereocenters. The van der Waals surface area contributed by atoms with Crippen LogP contribution in [0.5, 0.6) is 0 Å². The zero-order chi connectivity index (χ0) is 13.8. The Hall–Kier alpha value is -0.0400. The molecule has 1 N–H and O–H groups in total. The first-order chi connectivity index (χ1) is 9.34. The molecule has 0 saturated heterocycles. The van der Waals surface area contributed by atoms with Gasteiger partial charge in [0, 0.05) is 0 Å². The second-order valence-electron chi connectivity index (χ2n) is 6.70. The van der Waals surface area contributed by atoms with Gasteiger partial charge in [-0.15, -0.1) is 0 Å². The lowest BCUT2D eigenvalue weighted by atomic mass is 9.80. The number of hydrogen-bond donors (Lipinski definition) is 1. The van der Waals surface area contributed by atoms with Crippen LogP contribution in [0.25, 0.3) is 0 Å². The highest BCUT2D eigenvalue weighted by atomic mass is 14.9. The van der Waals surface area contributed by atoms with Gasteiger partial charge < -0.3 is 5.32 Å². The summed E-state index contributed by atoms with van der Waals surface area (Å²) < 4.78 is 0. The number of unbranched alkanes of at least 4 members (excludes halogenated alkanes) is 7. The van der Waals surface area contributed by atoms with Crippen molar-refractivity contribution < 1.29 is 0 Å². The zero-order valence-electron chi connectivity index (χ0n) is 13.6. The molecule has 1 nitrogen and oxygen atoms in total. The van der Waals surface area contributed by atoms with E-state index in [0.717, 1.165) is 11.8 Å². The monoisotopic (exact) mass is 267 g/mol. The molecule has 2 unspecified atom stereocenters. The first kappa shape index (κ1) is 17.0. The van der Waals surface area contributed by atoms with Gasteiger partial charge in [-0.2, -0.15) is 0 Å². The maximum Gasteiger partial charge on any atom is -0.00180 e. The van der Waals surface area contributed by atoms with Crippen LogP contribution in [0.15, 0.2) is 0 Å². The lowest BCUT2D eigenvalue weighted by Crippen LogP contribution is -2.29. The molecule has 0 bridgehead atoms. The summed E-state index contributed by atoms with van der Waals surface area (Å²) in [6, 6.07) is 0. The molecule has 0 aromatic carbocycles. The molecule has 0 spiro atoms. The van der Waals surface area contributed by atoms with Crippen molar-refractivity contribution in [1.29, 1.82) is 0 Å². The predicted octanol–water partition coefficient (Wildman–Crippen LogP) is 5.54. The van der Waals surface area contributed by atoms with Gasteiger partial charge in [0.25, 0.3) is 0 Å². The van der Waals surface area contributed by atoms with Gasteiger partial charge in [-0.05, 0) is 37.8 Å². The molecule has 0 aromatic rings. The maximum absolute atomic E-state index is 3.70. The van der Waals surface area contributed by atoms with Crippen molar-refractivity contribution in [3.05, 3.63) is 0 Å². The predicted molar refractivity (Wildman–Crippen MR) is 86.6 cm³/mol. The third-order valence-corrected chi connectivity index (χ3v) is 4.90. The summed E-state index contributed by atoms with van der Waals surface area (Å²) >= 11 is 0. The fraction of sp³-hybridized carbons (Fsp3) is 1.00. The molecular formula is C18H37N. The van der Waals surface area contributed by atoms with Gasteiger partial charge in [-0.3, -0.25) is 0 Å². The Morgan fingerprint density at radius 2 is 1.47 bits per heavy atom. The Bertz CT molecular complexity index is 190. The summed E-state index contributed by atoms with van der Waals surface area (Å²) in [5.41, 5.74) is 0. The van der Waals surface area contributed by atoms with Crippen LogP contribution in [-0.2, 0) is 0 Å². The van der Waals surface area contributed by atoms with Crippen molar-refractivity contribution in [3.8, 4) is 0 Å². The summed E-state index contributed by atoms with van der Waals surface area (Å²) in [6.07, 6.45) is 17.3. The van der Waals surface area contributed by atoms with Gasteiger partial charge in [0.15, 0.2) is 0 Å². The van der Waals surface area contributed by atoms with Crippen LogP contribution in [0.3, 0.4) is 0 Å². The second kappa shape index (κ2) is 11.8. The third kappa shape index (κ3) is 8.68. The van der Waals surface area contributed by atoms with Gasteiger partial charge >= 0.3 is 0 Å². The standard InChI is InChI=1S/C18H37N/c1-3-4-5-6-7-8-9-12-15-19-16-18-14-11-10-13-17(18)2/h17-19H,3-16H2,1-2H3. The summed E-state index contributed by atoms with van der Waals surface area (Å²) in [5.74, 6) is 1.92. The van der Waals surface area contributed by atoms with E-state index in [9.17, 15) is 0 Å². The lowest BCUT2D eigenvalue weighted by Gasteiger charge is -2.28. The molecule has 0 aliphatic heterocycles. The third-order valence-electron chi connectivity index (χ3n) is 4.90. The summed E-state index contributed by atoms with van der Waals surface area (Å²) in [5, 5.41) is 3.70. The van der Waals surface area contributed by atoms with Crippen LogP contribution >= 0.6 is 0 Å². The fourth-order valence-corrected chi connectivity index (χ4v) is 3.37. The van der Waals surface area contributed by atoms with E-state index >= 15 is 0 Å². The van der Waals surface area contributed by atoms with Crippen molar-refractivity contribution in [2.45, 2.75) is 90.9 Å². The topological polar surface area (TPSA) is 12.0 Å². The van der Waals surface area contributed by atoms with Crippen LogP contribution in [0, 0.1) is 11.8 Å². The van der Waals surface area contributed by atoms with E-state index in [1.165, 1.54) is 90.1 Å². The summed E-state index contributed by atoms with van der Waals surface area (Å²) in [6.45, 7) is 7.26. The van der Waals surface area contributed by atoms with Crippen LogP contribution < -0.4 is 5.32 Å². The quantitative estimate of drug-likeness (QED) is 0.484. The molecule has 114 valence electrons. The van der Waals surface area contributed by atoms with Crippen molar-refractivity contribution in [3.63, 3.8) is 0 Å². The van der Waals surface area contributed by atoms with Crippen molar-refractivity contribution in [2.24, 2.45) is 11.8 Å². The molecular weight excluding hydrogens is 230 g/mol. The highest BCUT2D eigenvalue weighted by molar-refractivity contribution is 4.73. The Labute approximate surface area is 121 Å². The molecule has 0 aromatic heterocycles. The Morgan fingerprint density at radius 3 is 2.16 bits per heavy atom. The van der Waals surface area contributed by atoms with Gasteiger partial charge in [0.2, 0.25) is 0 Å². The average molecular weight is 268 g/mol. The second-order valence-corrected chi connectivity index (χ2v) is 6.70. The highest BCUT2D eigenvalue weighted by Gasteiger charge is 2.20. The molecule has 1 fully saturated rings. The smallest absolute Gasteiger partial charge is 0.00180 e. The van der Waals surface area contributed by atoms with Crippen LogP contribution in [0.4, 0.5) is 0 Å². The van der Waals surface area contributed by atoms with E-state index in [1.54, 1.807) is 0 Å². The van der Waals surface area contributed by atoms with Gasteiger partial charge in [0.1, 0.15) is 0 Å². The Balaban J connectivity index is 1.80. The van der Waals surface area contributed by atoms with E-state index in [-0.39, 0.29) is 0 Å². The minimum atomic E-state index is 0.958. The molecule has 1 saturated carbocycles. The van der Waals surface area contributed by atoms with Gasteiger partial charge in [0.05, 0.1) is 0 Å². The Morgan fingerprint density at radius 1 is 0.842 bits per heavy atom. The van der Waals surface area contributed by atoms with Crippen molar-refractivity contribution in [1.82, 2.24) is 5.32 Å². The number of rotatable bonds is 11. The fourth-order valence-electron chi connectivity index (χ4n) is 3.37. The first-order valence-electron chi connectivity index (χ1n) is 9.05. The zero-order valence-corrected chi connectivity index (χ0v) is 13.6. The van der Waals surface area contributed by atoms with Crippen LogP contribution in [0.1, 0.15) is 90.9 Å². The lowest BCUT2D eigenvalue weighted by molar-refractivity contribution is 0.248. The first-order valence-corrected chi connectivity index (χ1v) is 9.05. The van der Waals surface area contributed by atoms with Gasteiger partial charge in [-0.25, -0.2) is 0 Å². The minimum absolute atomic E-state index is 0.958. The average Bonchev–Trinajstić information content (AvgIpc) is 2.43. The summed E-state index contributed by atoms with van der Waals surface area (Å²) in [7, 11) is 0. The highest BCUT2D eigenvalue weighted by Crippen LogP contribution is 2.28. The minimum Gasteiger partial charge on any atom is -0.316 e. The van der Waals surface area contributed by atoms with Crippen molar-refractivity contribution >= 4 is 0 Å². The van der Waals surface area contributed by atoms with E-state index in [1.807, 2.05) is 0 Å². The molecule has 1 heteroatoms. The van der Waals surface area contributed by atoms with Crippen LogP contribution in [-0.4, -0.2) is 13.1 Å². The largest absolute Gasteiger partial charge is 0.316 e. The van der Waals surface area contributed by atoms with E-state index in [0.29, 0.717) is 0 Å². The van der Waals surface area contributed by atoms with Crippen molar-refractivity contribution in [2.75, 3.05) is 13.1 Å². The molecule has 19 heavy (non-hydrogen) atoms. The molecule has 1 aliphatic carbocycles. The Kier molecular flexibility index (Phi) is 10.5. The normalized spacial score (nSPS) is 23.7. The molecule has 0 amide bonds.